The van der Waals surface area contributed by atoms with E-state index in [0.717, 1.165) is 50.3 Å². The molecule has 1 saturated carbocycles. The number of carbonyl (C=O) groups excluding carboxylic acids is 1. The molecule has 140 valence electrons. The van der Waals surface area contributed by atoms with Crippen molar-refractivity contribution in [3.8, 4) is 0 Å². The number of rotatable bonds is 6. The summed E-state index contributed by atoms with van der Waals surface area (Å²) in [6.45, 7) is 0.282. The summed E-state index contributed by atoms with van der Waals surface area (Å²) < 4.78 is 27.7. The highest BCUT2D eigenvalue weighted by molar-refractivity contribution is 8.14. The molecule has 0 aliphatic heterocycles. The van der Waals surface area contributed by atoms with Gasteiger partial charge in [0.05, 0.1) is 5.25 Å². The topological polar surface area (TPSA) is 89.3 Å². The fraction of sp³-hybridized carbons (Fsp3) is 0.611. The van der Waals surface area contributed by atoms with Gasteiger partial charge in [-0.1, -0.05) is 50.3 Å². The quantitative estimate of drug-likeness (QED) is 0.578. The second-order valence-corrected chi connectivity index (χ2v) is 9.63. The molecule has 7 heteroatoms. The maximum atomic E-state index is 12.5. The van der Waals surface area contributed by atoms with Crippen LogP contribution in [0.2, 0.25) is 0 Å². The fourth-order valence-electron chi connectivity index (χ4n) is 3.05. The third-order valence-electron chi connectivity index (χ3n) is 4.53. The second kappa shape index (κ2) is 10.2. The summed E-state index contributed by atoms with van der Waals surface area (Å²) in [5, 5.41) is -0.356. The number of anilines is 1. The fourth-order valence-corrected chi connectivity index (χ4v) is 5.45. The van der Waals surface area contributed by atoms with Crippen molar-refractivity contribution in [2.24, 2.45) is 0 Å². The second-order valence-electron chi connectivity index (χ2n) is 6.52. The summed E-state index contributed by atoms with van der Waals surface area (Å²) in [7, 11) is -3.30. The largest absolute Gasteiger partial charge is 0.399 e. The van der Waals surface area contributed by atoms with Crippen LogP contribution in [0.4, 0.5) is 5.69 Å². The van der Waals surface area contributed by atoms with Gasteiger partial charge in [-0.25, -0.2) is 13.1 Å². The van der Waals surface area contributed by atoms with Gasteiger partial charge in [-0.05, 0) is 37.1 Å². The van der Waals surface area contributed by atoms with Gasteiger partial charge in [0.25, 0.3) is 0 Å². The van der Waals surface area contributed by atoms with Crippen molar-refractivity contribution in [3.63, 3.8) is 0 Å². The van der Waals surface area contributed by atoms with Crippen molar-refractivity contribution in [3.05, 3.63) is 29.8 Å². The maximum absolute atomic E-state index is 12.5. The molecule has 0 bridgehead atoms. The molecule has 0 heterocycles. The Hall–Kier alpha value is -1.05. The van der Waals surface area contributed by atoms with Gasteiger partial charge in [-0.3, -0.25) is 4.79 Å². The van der Waals surface area contributed by atoms with E-state index in [4.69, 9.17) is 5.73 Å². The zero-order valence-electron chi connectivity index (χ0n) is 14.6. The Labute approximate surface area is 155 Å². The van der Waals surface area contributed by atoms with Crippen LogP contribution in [0.25, 0.3) is 0 Å². The minimum absolute atomic E-state index is 0.0679. The summed E-state index contributed by atoms with van der Waals surface area (Å²) in [5.74, 6) is 0.426. The van der Waals surface area contributed by atoms with Gasteiger partial charge in [-0.15, -0.1) is 0 Å². The number of nitrogen functional groups attached to an aromatic ring is 1. The van der Waals surface area contributed by atoms with Gasteiger partial charge >= 0.3 is 0 Å². The minimum Gasteiger partial charge on any atom is -0.399 e. The first-order valence-corrected chi connectivity index (χ1v) is 11.5. The highest BCUT2D eigenvalue weighted by Crippen LogP contribution is 2.21. The molecular formula is C18H28N2O3S2. The molecule has 5 nitrogen and oxygen atoms in total. The number of hydrogen-bond acceptors (Lipinski definition) is 5. The predicted molar refractivity (Wildman–Crippen MR) is 105 cm³/mol. The molecule has 0 amide bonds. The number of nitrogens with one attached hydrogen (secondary N) is 1. The predicted octanol–water partition coefficient (Wildman–Crippen LogP) is 3.56. The average Bonchev–Trinajstić information content (AvgIpc) is 2.73. The molecule has 1 fully saturated rings. The number of hydrogen-bond donors (Lipinski definition) is 2. The van der Waals surface area contributed by atoms with Crippen molar-refractivity contribution in [2.75, 3.05) is 18.0 Å². The Balaban J connectivity index is 1.76. The molecule has 0 saturated heterocycles. The molecule has 0 radical (unpaired) electrons. The Morgan fingerprint density at radius 3 is 2.20 bits per heavy atom. The standard InChI is InChI=1S/C18H28N2O3S2/c19-16-11-9-15(10-12-16)18(21)24-14-13-20-25(22,23)17-7-5-3-1-2-4-6-8-17/h9-12,17,20H,1-8,13-14,19H2. The van der Waals surface area contributed by atoms with Crippen molar-refractivity contribution >= 4 is 32.6 Å². The van der Waals surface area contributed by atoms with Crippen LogP contribution in [0.1, 0.15) is 61.7 Å². The SMILES string of the molecule is Nc1ccc(C(=O)SCCNS(=O)(=O)C2CCCCCCCC2)cc1. The molecule has 1 aromatic carbocycles. The van der Waals surface area contributed by atoms with E-state index >= 15 is 0 Å². The minimum atomic E-state index is -3.30. The monoisotopic (exact) mass is 384 g/mol. The third-order valence-corrected chi connectivity index (χ3v) is 7.39. The van der Waals surface area contributed by atoms with E-state index in [1.807, 2.05) is 0 Å². The zero-order chi connectivity index (χ0) is 18.1. The molecule has 3 N–H and O–H groups in total. The van der Waals surface area contributed by atoms with Gasteiger partial charge in [0.2, 0.25) is 15.1 Å². The first-order chi connectivity index (χ1) is 12.0. The van der Waals surface area contributed by atoms with Crippen LogP contribution >= 0.6 is 11.8 Å². The van der Waals surface area contributed by atoms with Crippen LogP contribution in [0.15, 0.2) is 24.3 Å². The molecule has 2 rings (SSSR count). The van der Waals surface area contributed by atoms with E-state index in [0.29, 0.717) is 17.0 Å². The Bertz CT molecular complexity index is 635. The number of nitrogens with two attached hydrogens (primary N) is 1. The Morgan fingerprint density at radius 2 is 1.60 bits per heavy atom. The Kier molecular flexibility index (Phi) is 8.26. The molecule has 0 atom stereocenters. The summed E-state index contributed by atoms with van der Waals surface area (Å²) in [6.07, 6.45) is 8.12. The molecule has 0 aromatic heterocycles. The first kappa shape index (κ1) is 20.3. The van der Waals surface area contributed by atoms with Crippen LogP contribution in [0, 0.1) is 0 Å². The molecule has 1 aromatic rings. The average molecular weight is 385 g/mol. The number of thioether (sulfide) groups is 1. The number of carbonyl (C=O) groups is 1. The van der Waals surface area contributed by atoms with Crippen LogP contribution in [-0.4, -0.2) is 31.1 Å². The smallest absolute Gasteiger partial charge is 0.219 e. The number of sulfonamides is 1. The third kappa shape index (κ3) is 6.99. The molecule has 1 aliphatic rings. The highest BCUT2D eigenvalue weighted by atomic mass is 32.2. The van der Waals surface area contributed by atoms with E-state index in [9.17, 15) is 13.2 Å². The normalized spacial score (nSPS) is 17.4. The summed E-state index contributed by atoms with van der Waals surface area (Å²) in [6, 6.07) is 6.75. The summed E-state index contributed by atoms with van der Waals surface area (Å²) in [4.78, 5) is 12.0. The van der Waals surface area contributed by atoms with E-state index < -0.39 is 10.0 Å². The van der Waals surface area contributed by atoms with Gasteiger partial charge < -0.3 is 5.73 Å². The van der Waals surface area contributed by atoms with Gasteiger partial charge in [0, 0.05) is 23.5 Å². The van der Waals surface area contributed by atoms with E-state index in [2.05, 4.69) is 4.72 Å². The van der Waals surface area contributed by atoms with Gasteiger partial charge in [-0.2, -0.15) is 0 Å². The van der Waals surface area contributed by atoms with Crippen LogP contribution in [0.3, 0.4) is 0 Å². The lowest BCUT2D eigenvalue weighted by Gasteiger charge is -2.17. The summed E-state index contributed by atoms with van der Waals surface area (Å²) >= 11 is 1.13. The van der Waals surface area contributed by atoms with Crippen molar-refractivity contribution < 1.29 is 13.2 Å². The summed E-state index contributed by atoms with van der Waals surface area (Å²) in [5.41, 5.74) is 6.80. The van der Waals surface area contributed by atoms with Crippen LogP contribution in [0.5, 0.6) is 0 Å². The van der Waals surface area contributed by atoms with Crippen molar-refractivity contribution in [1.29, 1.82) is 0 Å². The van der Waals surface area contributed by atoms with E-state index in [1.54, 1.807) is 24.3 Å². The zero-order valence-corrected chi connectivity index (χ0v) is 16.2. The lowest BCUT2D eigenvalue weighted by atomic mass is 10.1. The molecule has 0 spiro atoms. The molecular weight excluding hydrogens is 356 g/mol. The Morgan fingerprint density at radius 1 is 1.04 bits per heavy atom. The lowest BCUT2D eigenvalue weighted by molar-refractivity contribution is 0.108. The van der Waals surface area contributed by atoms with Gasteiger partial charge in [0.1, 0.15) is 0 Å². The molecule has 1 aliphatic carbocycles. The highest BCUT2D eigenvalue weighted by Gasteiger charge is 2.24. The van der Waals surface area contributed by atoms with Crippen molar-refractivity contribution in [2.45, 2.75) is 56.6 Å². The first-order valence-electron chi connectivity index (χ1n) is 9.00. The van der Waals surface area contributed by atoms with E-state index in [-0.39, 0.29) is 16.9 Å². The molecule has 25 heavy (non-hydrogen) atoms. The lowest BCUT2D eigenvalue weighted by Crippen LogP contribution is -2.35. The number of benzene rings is 1. The van der Waals surface area contributed by atoms with Crippen LogP contribution in [-0.2, 0) is 10.0 Å². The maximum Gasteiger partial charge on any atom is 0.219 e. The van der Waals surface area contributed by atoms with Gasteiger partial charge in [0.15, 0.2) is 0 Å². The molecule has 0 unspecified atom stereocenters. The van der Waals surface area contributed by atoms with Crippen LogP contribution < -0.4 is 10.5 Å². The van der Waals surface area contributed by atoms with E-state index in [1.165, 1.54) is 12.8 Å². The van der Waals surface area contributed by atoms with Crippen molar-refractivity contribution in [1.82, 2.24) is 4.72 Å².